The van der Waals surface area contributed by atoms with Crippen molar-refractivity contribution < 1.29 is 71.5 Å². The minimum atomic E-state index is -5.66. The summed E-state index contributed by atoms with van der Waals surface area (Å²) in [6.07, 6.45) is 1.34. The van der Waals surface area contributed by atoms with E-state index in [4.69, 9.17) is 0 Å². The number of pyridine rings is 2. The van der Waals surface area contributed by atoms with Gasteiger partial charge >= 0.3 is 6.28 Å². The Balaban J connectivity index is 0.000000414. The third kappa shape index (κ3) is 6.60. The summed E-state index contributed by atoms with van der Waals surface area (Å²) in [5.41, 5.74) is -5.69. The lowest BCUT2D eigenvalue weighted by atomic mass is 9.24. The Bertz CT molecular complexity index is 1570. The van der Waals surface area contributed by atoms with Crippen LogP contribution in [0.4, 0.5) is 65.9 Å². The van der Waals surface area contributed by atoms with Crippen LogP contribution in [-0.4, -0.2) is 16.2 Å². The molecule has 47 heavy (non-hydrogen) atoms. The lowest BCUT2D eigenvalue weighted by molar-refractivity contribution is -0.195. The van der Waals surface area contributed by atoms with Crippen LogP contribution in [0, 0.1) is 87.3 Å². The third-order valence-corrected chi connectivity index (χ3v) is 6.34. The van der Waals surface area contributed by atoms with Gasteiger partial charge in [-0.1, -0.05) is 28.5 Å². The number of nitrogens with zero attached hydrogens (tertiary/aromatic N) is 2. The molecule has 0 bridgehead atoms. The number of hydrogen-bond acceptors (Lipinski definition) is 2. The Kier molecular flexibility index (Phi) is 11.3. The molecule has 19 heteroatoms. The molecule has 0 aliphatic heterocycles. The summed E-state index contributed by atoms with van der Waals surface area (Å²) < 4.78 is 211. The first-order valence-electron chi connectivity index (χ1n) is 12.3. The van der Waals surface area contributed by atoms with E-state index in [0.717, 1.165) is 0 Å². The maximum absolute atomic E-state index is 14.6. The number of rotatable bonds is 3. The summed E-state index contributed by atoms with van der Waals surface area (Å²) in [5.74, 6) is -45.8. The van der Waals surface area contributed by atoms with Gasteiger partial charge in [0, 0.05) is 24.8 Å². The van der Waals surface area contributed by atoms with Gasteiger partial charge in [-0.3, -0.25) is 9.97 Å². The Morgan fingerprint density at radius 3 is 0.596 bits per heavy atom. The SMILES string of the molecule is [NH3+][B-](c1c(F)c(F)c(F)c(F)c1F)(c1c(F)c(F)c(F)c(F)c1F)c1c(F)c(F)c(F)c(F)c1F.c1ccncc1.c1ccncc1. The predicted octanol–water partition coefficient (Wildman–Crippen LogP) is 5.15. The smallest absolute Gasteiger partial charge is 0.304 e. The fourth-order valence-electron chi connectivity index (χ4n) is 4.22. The van der Waals surface area contributed by atoms with Gasteiger partial charge in [0.05, 0.1) is 0 Å². The van der Waals surface area contributed by atoms with Gasteiger partial charge in [0.15, 0.2) is 52.4 Å². The van der Waals surface area contributed by atoms with Crippen molar-refractivity contribution >= 4 is 22.7 Å². The highest BCUT2D eigenvalue weighted by Gasteiger charge is 2.51. The van der Waals surface area contributed by atoms with Gasteiger partial charge in [-0.25, -0.2) is 65.9 Å². The maximum atomic E-state index is 14.6. The molecule has 5 rings (SSSR count). The minimum Gasteiger partial charge on any atom is -0.536 e. The van der Waals surface area contributed by atoms with Gasteiger partial charge in [-0.15, -0.1) is 0 Å². The quantitative estimate of drug-likeness (QED) is 0.124. The van der Waals surface area contributed by atoms with E-state index in [0.29, 0.717) is 0 Å². The Morgan fingerprint density at radius 2 is 0.468 bits per heavy atom. The summed E-state index contributed by atoms with van der Waals surface area (Å²) in [6.45, 7) is 0. The molecule has 3 nitrogen and oxygen atoms in total. The van der Waals surface area contributed by atoms with Crippen LogP contribution in [0.5, 0.6) is 0 Å². The fourth-order valence-corrected chi connectivity index (χ4v) is 4.22. The molecule has 0 saturated carbocycles. The zero-order valence-corrected chi connectivity index (χ0v) is 22.6. The van der Waals surface area contributed by atoms with Gasteiger partial charge in [0.1, 0.15) is 34.9 Å². The molecule has 0 atom stereocenters. The van der Waals surface area contributed by atoms with Gasteiger partial charge < -0.3 is 5.64 Å². The highest BCUT2D eigenvalue weighted by molar-refractivity contribution is 7.05. The molecule has 0 radical (unpaired) electrons. The first-order chi connectivity index (χ1) is 22.0. The van der Waals surface area contributed by atoms with Gasteiger partial charge in [-0.2, -0.15) is 0 Å². The molecule has 2 aromatic heterocycles. The molecule has 0 amide bonds. The number of halogens is 15. The Hall–Kier alpha value is -5.07. The first kappa shape index (κ1) is 36.4. The van der Waals surface area contributed by atoms with Crippen LogP contribution in [0.15, 0.2) is 61.2 Å². The molecule has 2 heterocycles. The molecule has 0 saturated heterocycles. The van der Waals surface area contributed by atoms with Crippen molar-refractivity contribution in [2.24, 2.45) is 0 Å². The van der Waals surface area contributed by atoms with E-state index in [1.165, 1.54) is 0 Å². The standard InChI is InChI=1S/C18H3BF15N.2C5H5N/c20-4-1(5(21)11(27)16(32)10(4)26)19(35,2-6(22)12(28)17(33)13(29)7(2)23)3-8(24)14(30)18(34)15(31)9(3)25;2*1-2-4-6-5-3-1/h35H3;2*1-5H. The Morgan fingerprint density at radius 1 is 0.298 bits per heavy atom. The highest BCUT2D eigenvalue weighted by Crippen LogP contribution is 2.25. The van der Waals surface area contributed by atoms with Crippen LogP contribution in [0.1, 0.15) is 0 Å². The topological polar surface area (TPSA) is 53.4 Å². The van der Waals surface area contributed by atoms with E-state index in [9.17, 15) is 65.9 Å². The highest BCUT2D eigenvalue weighted by atomic mass is 19.2. The maximum Gasteiger partial charge on any atom is 0.304 e. The van der Waals surface area contributed by atoms with Crippen LogP contribution in [0.3, 0.4) is 0 Å². The molecule has 0 fully saturated rings. The van der Waals surface area contributed by atoms with Gasteiger partial charge in [0.25, 0.3) is 0 Å². The molecule has 248 valence electrons. The van der Waals surface area contributed by atoms with Crippen LogP contribution in [0.25, 0.3) is 0 Å². The zero-order chi connectivity index (χ0) is 35.4. The first-order valence-corrected chi connectivity index (χ1v) is 12.3. The summed E-state index contributed by atoms with van der Waals surface area (Å²) in [5, 5.41) is 0. The predicted molar refractivity (Wildman–Crippen MR) is 135 cm³/mol. The van der Waals surface area contributed by atoms with E-state index in [2.05, 4.69) is 15.6 Å². The number of quaternary nitrogens is 1. The summed E-state index contributed by atoms with van der Waals surface area (Å²) in [6, 6.07) is 11.4. The monoisotopic (exact) mass is 687 g/mol. The van der Waals surface area contributed by atoms with Crippen molar-refractivity contribution in [2.45, 2.75) is 0 Å². The number of benzene rings is 3. The van der Waals surface area contributed by atoms with Crippen molar-refractivity contribution in [3.63, 3.8) is 0 Å². The van der Waals surface area contributed by atoms with E-state index in [1.54, 1.807) is 24.8 Å². The summed E-state index contributed by atoms with van der Waals surface area (Å²) in [4.78, 5) is 7.57. The van der Waals surface area contributed by atoms with Crippen molar-refractivity contribution in [1.82, 2.24) is 9.97 Å². The van der Waals surface area contributed by atoms with Crippen molar-refractivity contribution in [3.8, 4) is 0 Å². The fraction of sp³-hybridized carbons (Fsp3) is 0. The molecule has 0 aliphatic rings. The van der Waals surface area contributed by atoms with Gasteiger partial charge in [0.2, 0.25) is 0 Å². The van der Waals surface area contributed by atoms with Crippen molar-refractivity contribution in [3.05, 3.63) is 148 Å². The van der Waals surface area contributed by atoms with Crippen LogP contribution in [-0.2, 0) is 0 Å². The number of hydrogen-bond donors (Lipinski definition) is 1. The molecule has 3 N–H and O–H groups in total. The zero-order valence-electron chi connectivity index (χ0n) is 22.6. The summed E-state index contributed by atoms with van der Waals surface area (Å²) >= 11 is 0. The lowest BCUT2D eigenvalue weighted by Gasteiger charge is -2.35. The second kappa shape index (κ2) is 14.6. The average Bonchev–Trinajstić information content (AvgIpc) is 3.08. The third-order valence-electron chi connectivity index (χ3n) is 6.34. The molecule has 5 aromatic rings. The van der Waals surface area contributed by atoms with Gasteiger partial charge in [-0.05, 0) is 24.3 Å². The van der Waals surface area contributed by atoms with Crippen LogP contribution < -0.4 is 22.0 Å². The Labute approximate surface area is 253 Å². The van der Waals surface area contributed by atoms with Crippen LogP contribution >= 0.6 is 0 Å². The van der Waals surface area contributed by atoms with Crippen molar-refractivity contribution in [1.29, 1.82) is 0 Å². The van der Waals surface area contributed by atoms with E-state index >= 15 is 0 Å². The summed E-state index contributed by atoms with van der Waals surface area (Å²) in [7, 11) is 0. The molecule has 0 spiro atoms. The van der Waals surface area contributed by atoms with Crippen molar-refractivity contribution in [2.75, 3.05) is 0 Å². The lowest BCUT2D eigenvalue weighted by Crippen LogP contribution is -2.97. The second-order valence-electron chi connectivity index (χ2n) is 9.05. The normalized spacial score (nSPS) is 11.0. The van der Waals surface area contributed by atoms with E-state index < -0.39 is 110 Å². The minimum absolute atomic E-state index is 1.75. The van der Waals surface area contributed by atoms with Crippen LogP contribution in [0.2, 0.25) is 0 Å². The number of aromatic nitrogens is 2. The largest absolute Gasteiger partial charge is 0.536 e. The molecular weight excluding hydrogens is 674 g/mol. The average molecular weight is 687 g/mol. The molecule has 3 aromatic carbocycles. The second-order valence-corrected chi connectivity index (χ2v) is 9.05. The molecular formula is C28H13BF15N3. The van der Waals surface area contributed by atoms with E-state index in [1.807, 2.05) is 36.4 Å². The van der Waals surface area contributed by atoms with E-state index in [-0.39, 0.29) is 0 Å². The molecule has 0 aliphatic carbocycles. The molecule has 0 unspecified atom stereocenters.